The van der Waals surface area contributed by atoms with Gasteiger partial charge in [-0.15, -0.1) is 0 Å². The second-order valence-corrected chi connectivity index (χ2v) is 5.22. The molecule has 2 aromatic carbocycles. The Morgan fingerprint density at radius 2 is 0.960 bits per heavy atom. The van der Waals surface area contributed by atoms with E-state index in [9.17, 15) is 40.2 Å². The van der Waals surface area contributed by atoms with Crippen LogP contribution < -0.4 is 0 Å². The van der Waals surface area contributed by atoms with Crippen molar-refractivity contribution in [1.29, 1.82) is 0 Å². The molecular weight excluding hydrogens is 360 g/mol. The SMILES string of the molecule is OC(c1ccccc1)(c1ccc(C(F)(F)F)cc1)C(F)(F)C(F)(F)F. The summed E-state index contributed by atoms with van der Waals surface area (Å²) in [6.45, 7) is 0. The van der Waals surface area contributed by atoms with Crippen molar-refractivity contribution in [2.75, 3.05) is 0 Å². The molecule has 0 aliphatic carbocycles. The van der Waals surface area contributed by atoms with Crippen molar-refractivity contribution in [3.8, 4) is 0 Å². The average Bonchev–Trinajstić information content (AvgIpc) is 2.53. The Morgan fingerprint density at radius 1 is 0.560 bits per heavy atom. The van der Waals surface area contributed by atoms with Gasteiger partial charge in [0, 0.05) is 0 Å². The van der Waals surface area contributed by atoms with E-state index in [0.717, 1.165) is 24.3 Å². The number of hydrogen-bond acceptors (Lipinski definition) is 1. The Bertz CT molecular complexity index is 719. The molecule has 1 unspecified atom stereocenters. The molecule has 0 saturated carbocycles. The maximum Gasteiger partial charge on any atom is 0.457 e. The maximum absolute atomic E-state index is 14.1. The topological polar surface area (TPSA) is 20.2 Å². The highest BCUT2D eigenvalue weighted by Crippen LogP contribution is 2.51. The first-order valence-electron chi connectivity index (χ1n) is 6.72. The van der Waals surface area contributed by atoms with Crippen molar-refractivity contribution in [2.24, 2.45) is 0 Å². The zero-order valence-electron chi connectivity index (χ0n) is 12.2. The quantitative estimate of drug-likeness (QED) is 0.742. The molecule has 0 spiro atoms. The normalized spacial score (nSPS) is 15.7. The minimum atomic E-state index is -6.14. The van der Waals surface area contributed by atoms with Gasteiger partial charge in [0.15, 0.2) is 5.60 Å². The lowest BCUT2D eigenvalue weighted by atomic mass is 9.80. The van der Waals surface area contributed by atoms with Crippen LogP contribution in [-0.4, -0.2) is 17.2 Å². The number of halogens is 8. The Balaban J connectivity index is 2.69. The van der Waals surface area contributed by atoms with Crippen LogP contribution in [0.2, 0.25) is 0 Å². The number of hydrogen-bond donors (Lipinski definition) is 1. The van der Waals surface area contributed by atoms with E-state index in [-0.39, 0.29) is 0 Å². The van der Waals surface area contributed by atoms with Crippen LogP contribution in [0.3, 0.4) is 0 Å². The third-order valence-electron chi connectivity index (χ3n) is 3.63. The first kappa shape index (κ1) is 19.2. The van der Waals surface area contributed by atoms with Gasteiger partial charge in [0.25, 0.3) is 0 Å². The summed E-state index contributed by atoms with van der Waals surface area (Å²) in [5, 5.41) is 10.4. The summed E-state index contributed by atoms with van der Waals surface area (Å²) < 4.78 is 105. The molecule has 1 nitrogen and oxygen atoms in total. The van der Waals surface area contributed by atoms with Gasteiger partial charge in [-0.25, -0.2) is 0 Å². The van der Waals surface area contributed by atoms with Crippen LogP contribution in [0.5, 0.6) is 0 Å². The second-order valence-electron chi connectivity index (χ2n) is 5.22. The van der Waals surface area contributed by atoms with E-state index >= 15 is 0 Å². The van der Waals surface area contributed by atoms with Crippen LogP contribution >= 0.6 is 0 Å². The molecule has 1 atom stereocenters. The second kappa shape index (κ2) is 5.98. The van der Waals surface area contributed by atoms with Crippen LogP contribution in [0, 0.1) is 0 Å². The molecule has 2 rings (SSSR count). The first-order chi connectivity index (χ1) is 11.3. The molecule has 0 radical (unpaired) electrons. The van der Waals surface area contributed by atoms with Crippen molar-refractivity contribution in [1.82, 2.24) is 0 Å². The number of aliphatic hydroxyl groups is 1. The summed E-state index contributed by atoms with van der Waals surface area (Å²) >= 11 is 0. The van der Waals surface area contributed by atoms with Crippen LogP contribution in [0.25, 0.3) is 0 Å². The largest absolute Gasteiger partial charge is 0.457 e. The van der Waals surface area contributed by atoms with E-state index < -0.39 is 40.6 Å². The van der Waals surface area contributed by atoms with E-state index in [0.29, 0.717) is 24.3 Å². The molecule has 136 valence electrons. The Labute approximate surface area is 136 Å². The van der Waals surface area contributed by atoms with Gasteiger partial charge in [-0.2, -0.15) is 35.1 Å². The monoisotopic (exact) mass is 370 g/mol. The van der Waals surface area contributed by atoms with E-state index in [4.69, 9.17) is 0 Å². The molecule has 0 fully saturated rings. The van der Waals surface area contributed by atoms with Crippen LogP contribution in [0.15, 0.2) is 54.6 Å². The van der Waals surface area contributed by atoms with Crippen LogP contribution in [0.4, 0.5) is 35.1 Å². The van der Waals surface area contributed by atoms with Gasteiger partial charge in [0.1, 0.15) is 0 Å². The van der Waals surface area contributed by atoms with E-state index in [1.54, 1.807) is 0 Å². The predicted molar refractivity (Wildman–Crippen MR) is 71.9 cm³/mol. The van der Waals surface area contributed by atoms with Gasteiger partial charge < -0.3 is 5.11 Å². The van der Waals surface area contributed by atoms with Gasteiger partial charge in [0.05, 0.1) is 5.56 Å². The third kappa shape index (κ3) is 3.20. The van der Waals surface area contributed by atoms with Gasteiger partial charge in [0.2, 0.25) is 0 Å². The Kier molecular flexibility index (Phi) is 4.58. The Morgan fingerprint density at radius 3 is 1.36 bits per heavy atom. The van der Waals surface area contributed by atoms with Crippen molar-refractivity contribution < 1.29 is 40.2 Å². The summed E-state index contributed by atoms with van der Waals surface area (Å²) in [5.41, 5.74) is -6.97. The number of rotatable bonds is 3. The van der Waals surface area contributed by atoms with E-state index in [1.165, 1.54) is 6.07 Å². The van der Waals surface area contributed by atoms with Crippen molar-refractivity contribution in [3.63, 3.8) is 0 Å². The summed E-state index contributed by atoms with van der Waals surface area (Å²) in [7, 11) is 0. The lowest BCUT2D eigenvalue weighted by Gasteiger charge is -2.37. The van der Waals surface area contributed by atoms with Crippen LogP contribution in [-0.2, 0) is 11.8 Å². The predicted octanol–water partition coefficient (Wildman–Crippen LogP) is 5.14. The minimum Gasteiger partial charge on any atom is -0.374 e. The molecule has 2 aromatic rings. The fourth-order valence-electron chi connectivity index (χ4n) is 2.31. The summed E-state index contributed by atoms with van der Waals surface area (Å²) in [6, 6.07) is 6.68. The fraction of sp³-hybridized carbons (Fsp3) is 0.250. The molecule has 0 aromatic heterocycles. The smallest absolute Gasteiger partial charge is 0.374 e. The zero-order valence-corrected chi connectivity index (χ0v) is 12.2. The number of alkyl halides is 8. The molecule has 25 heavy (non-hydrogen) atoms. The lowest BCUT2D eigenvalue weighted by Crippen LogP contribution is -2.55. The van der Waals surface area contributed by atoms with Crippen LogP contribution in [0.1, 0.15) is 16.7 Å². The van der Waals surface area contributed by atoms with E-state index in [2.05, 4.69) is 0 Å². The Hall–Kier alpha value is -2.16. The van der Waals surface area contributed by atoms with Gasteiger partial charge in [-0.1, -0.05) is 42.5 Å². The molecule has 1 N–H and O–H groups in total. The summed E-state index contributed by atoms with van der Waals surface area (Å²) in [4.78, 5) is 0. The zero-order chi connectivity index (χ0) is 19.1. The molecule has 0 bridgehead atoms. The van der Waals surface area contributed by atoms with Crippen molar-refractivity contribution >= 4 is 0 Å². The highest BCUT2D eigenvalue weighted by Gasteiger charge is 2.71. The molecule has 0 amide bonds. The summed E-state index contributed by atoms with van der Waals surface area (Å²) in [6.07, 6.45) is -10.9. The van der Waals surface area contributed by atoms with Crippen molar-refractivity contribution in [2.45, 2.75) is 23.9 Å². The molecule has 0 aliphatic rings. The highest BCUT2D eigenvalue weighted by molar-refractivity contribution is 5.41. The molecule has 0 saturated heterocycles. The third-order valence-corrected chi connectivity index (χ3v) is 3.63. The highest BCUT2D eigenvalue weighted by atomic mass is 19.4. The van der Waals surface area contributed by atoms with Gasteiger partial charge in [-0.05, 0) is 23.3 Å². The molecule has 0 aliphatic heterocycles. The average molecular weight is 370 g/mol. The molecular formula is C16H10F8O. The minimum absolute atomic E-state index is 0.329. The first-order valence-corrected chi connectivity index (χ1v) is 6.72. The van der Waals surface area contributed by atoms with Crippen molar-refractivity contribution in [3.05, 3.63) is 71.3 Å². The fourth-order valence-corrected chi connectivity index (χ4v) is 2.31. The standard InChI is InChI=1S/C16H10F8O/c17-14(18,19)12-8-6-11(7-9-12)13(25,10-4-2-1-3-5-10)15(20,21)16(22,23)24/h1-9,25H. The van der Waals surface area contributed by atoms with Gasteiger partial charge >= 0.3 is 18.3 Å². The van der Waals surface area contributed by atoms with Gasteiger partial charge in [-0.3, -0.25) is 0 Å². The molecule has 0 heterocycles. The number of benzene rings is 2. The maximum atomic E-state index is 14.1. The van der Waals surface area contributed by atoms with E-state index in [1.807, 2.05) is 0 Å². The summed E-state index contributed by atoms with van der Waals surface area (Å²) in [5.74, 6) is -5.65. The lowest BCUT2D eigenvalue weighted by molar-refractivity contribution is -0.336. The molecule has 9 heteroatoms.